The van der Waals surface area contributed by atoms with E-state index in [2.05, 4.69) is 29.6 Å². The van der Waals surface area contributed by atoms with E-state index in [1.165, 1.54) is 22.3 Å². The molecule has 0 heterocycles. The molecule has 2 nitrogen and oxygen atoms in total. The number of benzene rings is 2. The van der Waals surface area contributed by atoms with E-state index < -0.39 is 0 Å². The van der Waals surface area contributed by atoms with Gasteiger partial charge in [-0.25, -0.2) is 0 Å². The monoisotopic (exact) mass is 237 g/mol. The highest BCUT2D eigenvalue weighted by molar-refractivity contribution is 5.96. The van der Waals surface area contributed by atoms with Crippen LogP contribution in [-0.2, 0) is 6.42 Å². The molecule has 0 aliphatic heterocycles. The average molecular weight is 237 g/mol. The minimum absolute atomic E-state index is 0.00433. The van der Waals surface area contributed by atoms with Gasteiger partial charge in [-0.2, -0.15) is 0 Å². The lowest BCUT2D eigenvalue weighted by molar-refractivity contribution is 0.0956. The van der Waals surface area contributed by atoms with Crippen molar-refractivity contribution < 1.29 is 4.79 Å². The van der Waals surface area contributed by atoms with Crippen molar-refractivity contribution in [3.63, 3.8) is 0 Å². The summed E-state index contributed by atoms with van der Waals surface area (Å²) in [5.41, 5.74) is 5.87. The lowest BCUT2D eigenvalue weighted by Crippen LogP contribution is -2.22. The molecule has 2 aromatic rings. The molecule has 0 saturated carbocycles. The third-order valence-electron chi connectivity index (χ3n) is 3.40. The highest BCUT2D eigenvalue weighted by Gasteiger charge is 2.19. The quantitative estimate of drug-likeness (QED) is 0.729. The molecule has 0 spiro atoms. The molecule has 0 fully saturated rings. The van der Waals surface area contributed by atoms with Crippen LogP contribution in [0.25, 0.3) is 11.1 Å². The van der Waals surface area contributed by atoms with Crippen LogP contribution < -0.4 is 5.32 Å². The fraction of sp³-hybridized carbons (Fsp3) is 0.188. The maximum atomic E-state index is 11.8. The van der Waals surface area contributed by atoms with Crippen LogP contribution in [0.1, 0.15) is 28.4 Å². The van der Waals surface area contributed by atoms with Crippen LogP contribution >= 0.6 is 0 Å². The Balaban J connectivity index is 2.05. The van der Waals surface area contributed by atoms with Gasteiger partial charge in [0.05, 0.1) is 0 Å². The number of fused-ring (bicyclic) bond motifs is 3. The normalized spacial score (nSPS) is 11.8. The first-order chi connectivity index (χ1) is 8.79. The predicted octanol–water partition coefficient (Wildman–Crippen LogP) is 3.01. The summed E-state index contributed by atoms with van der Waals surface area (Å²) in [4.78, 5) is 11.8. The molecular formula is C16H15NO. The second kappa shape index (κ2) is 4.30. The van der Waals surface area contributed by atoms with Gasteiger partial charge in [-0.15, -0.1) is 0 Å². The molecule has 1 aliphatic rings. The summed E-state index contributed by atoms with van der Waals surface area (Å²) in [5, 5.41) is 2.84. The molecule has 0 saturated heterocycles. The minimum atomic E-state index is 0.00433. The minimum Gasteiger partial charge on any atom is -0.352 e. The van der Waals surface area contributed by atoms with Crippen molar-refractivity contribution >= 4 is 5.91 Å². The van der Waals surface area contributed by atoms with Gasteiger partial charge in [0, 0.05) is 12.1 Å². The fourth-order valence-corrected chi connectivity index (χ4v) is 2.53. The Labute approximate surface area is 107 Å². The molecule has 3 rings (SSSR count). The second-order valence-corrected chi connectivity index (χ2v) is 4.57. The van der Waals surface area contributed by atoms with Gasteiger partial charge in [-0.3, -0.25) is 4.79 Å². The molecule has 0 unspecified atom stereocenters. The summed E-state index contributed by atoms with van der Waals surface area (Å²) >= 11 is 0. The van der Waals surface area contributed by atoms with Crippen LogP contribution in [0.2, 0.25) is 0 Å². The van der Waals surface area contributed by atoms with Crippen molar-refractivity contribution in [2.75, 3.05) is 6.54 Å². The van der Waals surface area contributed by atoms with E-state index in [-0.39, 0.29) is 5.91 Å². The lowest BCUT2D eigenvalue weighted by atomic mass is 10.0. The molecular weight excluding hydrogens is 222 g/mol. The topological polar surface area (TPSA) is 29.1 Å². The Kier molecular flexibility index (Phi) is 2.63. The zero-order valence-electron chi connectivity index (χ0n) is 10.4. The molecule has 1 aliphatic carbocycles. The van der Waals surface area contributed by atoms with E-state index >= 15 is 0 Å². The Morgan fingerprint density at radius 1 is 1.11 bits per heavy atom. The van der Waals surface area contributed by atoms with Crippen molar-refractivity contribution in [3.8, 4) is 11.1 Å². The lowest BCUT2D eigenvalue weighted by Gasteiger charge is -2.05. The maximum absolute atomic E-state index is 11.8. The fourth-order valence-electron chi connectivity index (χ4n) is 2.53. The van der Waals surface area contributed by atoms with E-state index in [0.717, 1.165) is 12.0 Å². The zero-order valence-corrected chi connectivity index (χ0v) is 10.4. The number of hydrogen-bond acceptors (Lipinski definition) is 1. The zero-order chi connectivity index (χ0) is 12.5. The molecule has 90 valence electrons. The van der Waals surface area contributed by atoms with Crippen molar-refractivity contribution in [2.24, 2.45) is 0 Å². The van der Waals surface area contributed by atoms with Crippen molar-refractivity contribution in [1.29, 1.82) is 0 Å². The van der Waals surface area contributed by atoms with Crippen molar-refractivity contribution in [2.45, 2.75) is 13.3 Å². The highest BCUT2D eigenvalue weighted by atomic mass is 16.1. The molecule has 1 N–H and O–H groups in total. The highest BCUT2D eigenvalue weighted by Crippen LogP contribution is 2.36. The summed E-state index contributed by atoms with van der Waals surface area (Å²) in [6, 6.07) is 14.4. The molecule has 0 atom stereocenters. The molecule has 2 heteroatoms. The summed E-state index contributed by atoms with van der Waals surface area (Å²) in [6.45, 7) is 2.59. The van der Waals surface area contributed by atoms with Crippen molar-refractivity contribution in [3.05, 3.63) is 59.2 Å². The van der Waals surface area contributed by atoms with Crippen LogP contribution in [0, 0.1) is 0 Å². The number of nitrogens with one attached hydrogen (secondary N) is 1. The van der Waals surface area contributed by atoms with Gasteiger partial charge in [-0.1, -0.05) is 30.3 Å². The molecule has 0 radical (unpaired) electrons. The van der Waals surface area contributed by atoms with Crippen molar-refractivity contribution in [1.82, 2.24) is 5.32 Å². The van der Waals surface area contributed by atoms with Gasteiger partial charge in [0.1, 0.15) is 0 Å². The Morgan fingerprint density at radius 2 is 1.89 bits per heavy atom. The Bertz CT molecular complexity index is 616. The van der Waals surface area contributed by atoms with Gasteiger partial charge in [0.2, 0.25) is 0 Å². The van der Waals surface area contributed by atoms with E-state index in [4.69, 9.17) is 0 Å². The third kappa shape index (κ3) is 1.70. The third-order valence-corrected chi connectivity index (χ3v) is 3.40. The molecule has 18 heavy (non-hydrogen) atoms. The molecule has 0 aromatic heterocycles. The van der Waals surface area contributed by atoms with E-state index in [1.54, 1.807) is 0 Å². The molecule has 0 bridgehead atoms. The van der Waals surface area contributed by atoms with Crippen LogP contribution in [0.5, 0.6) is 0 Å². The Hall–Kier alpha value is -2.09. The van der Waals surface area contributed by atoms with Crippen LogP contribution in [-0.4, -0.2) is 12.5 Å². The van der Waals surface area contributed by atoms with Crippen LogP contribution in [0.15, 0.2) is 42.5 Å². The van der Waals surface area contributed by atoms with Gasteiger partial charge in [0.15, 0.2) is 0 Å². The first kappa shape index (κ1) is 11.0. The standard InChI is InChI=1S/C16H15NO/c1-2-17-16(18)13-8-7-12-9-11-5-3-4-6-14(11)15(12)10-13/h3-8,10H,2,9H2,1H3,(H,17,18). The summed E-state index contributed by atoms with van der Waals surface area (Å²) < 4.78 is 0. The van der Waals surface area contributed by atoms with E-state index in [1.807, 2.05) is 25.1 Å². The smallest absolute Gasteiger partial charge is 0.251 e. The predicted molar refractivity (Wildman–Crippen MR) is 72.7 cm³/mol. The van der Waals surface area contributed by atoms with Gasteiger partial charge >= 0.3 is 0 Å². The number of amides is 1. The van der Waals surface area contributed by atoms with Gasteiger partial charge in [0.25, 0.3) is 5.91 Å². The maximum Gasteiger partial charge on any atom is 0.251 e. The van der Waals surface area contributed by atoms with Crippen LogP contribution in [0.3, 0.4) is 0 Å². The largest absolute Gasteiger partial charge is 0.352 e. The number of hydrogen-bond donors (Lipinski definition) is 1. The average Bonchev–Trinajstić information content (AvgIpc) is 2.76. The van der Waals surface area contributed by atoms with Gasteiger partial charge in [-0.05, 0) is 47.7 Å². The Morgan fingerprint density at radius 3 is 2.72 bits per heavy atom. The van der Waals surface area contributed by atoms with E-state index in [9.17, 15) is 4.79 Å². The molecule has 2 aromatic carbocycles. The number of carbonyl (C=O) groups excluding carboxylic acids is 1. The number of rotatable bonds is 2. The second-order valence-electron chi connectivity index (χ2n) is 4.57. The van der Waals surface area contributed by atoms with Gasteiger partial charge < -0.3 is 5.32 Å². The first-order valence-electron chi connectivity index (χ1n) is 6.29. The summed E-state index contributed by atoms with van der Waals surface area (Å²) in [6.07, 6.45) is 0.973. The van der Waals surface area contributed by atoms with Crippen LogP contribution in [0.4, 0.5) is 0 Å². The SMILES string of the molecule is CCNC(=O)c1ccc2c(c1)-c1ccccc1C2. The number of carbonyl (C=O) groups is 1. The van der Waals surface area contributed by atoms with E-state index in [0.29, 0.717) is 6.54 Å². The summed E-state index contributed by atoms with van der Waals surface area (Å²) in [7, 11) is 0. The summed E-state index contributed by atoms with van der Waals surface area (Å²) in [5.74, 6) is 0.00433. The first-order valence-corrected chi connectivity index (χ1v) is 6.29. The molecule has 1 amide bonds.